The first-order chi connectivity index (χ1) is 15.5. The topological polar surface area (TPSA) is 88.6 Å². The number of likely N-dealkylation sites (tertiary alicyclic amines) is 1. The zero-order valence-electron chi connectivity index (χ0n) is 17.5. The monoisotopic (exact) mass is 425 g/mol. The lowest BCUT2D eigenvalue weighted by molar-refractivity contribution is 0.160. The van der Waals surface area contributed by atoms with Gasteiger partial charge in [0.15, 0.2) is 5.66 Å². The van der Waals surface area contributed by atoms with Crippen molar-refractivity contribution in [2.75, 3.05) is 13.1 Å². The van der Waals surface area contributed by atoms with Gasteiger partial charge in [-0.1, -0.05) is 54.6 Å². The molecule has 6 nitrogen and oxygen atoms in total. The van der Waals surface area contributed by atoms with Crippen LogP contribution in [0.1, 0.15) is 18.4 Å². The minimum Gasteiger partial charge on any atom is -0.507 e. The highest BCUT2D eigenvalue weighted by Gasteiger charge is 2.36. The van der Waals surface area contributed by atoms with Gasteiger partial charge >= 0.3 is 0 Å². The molecular weight excluding hydrogens is 402 g/mol. The third-order valence-electron chi connectivity index (χ3n) is 6.72. The first-order valence-corrected chi connectivity index (χ1v) is 10.9. The lowest BCUT2D eigenvalue weighted by Gasteiger charge is -2.35. The molecular formula is C26H23N3O3. The fraction of sp³-hybridized carbons (Fsp3) is 0.231. The molecule has 4 aromatic carbocycles. The molecule has 1 saturated heterocycles. The van der Waals surface area contributed by atoms with E-state index < -0.39 is 5.66 Å². The van der Waals surface area contributed by atoms with E-state index in [0.29, 0.717) is 26.9 Å². The maximum Gasteiger partial charge on any atom is 0.154 e. The molecule has 0 aromatic heterocycles. The van der Waals surface area contributed by atoms with Crippen molar-refractivity contribution >= 4 is 21.5 Å². The summed E-state index contributed by atoms with van der Waals surface area (Å²) in [5, 5.41) is 35.4. The fourth-order valence-corrected chi connectivity index (χ4v) is 5.07. The van der Waals surface area contributed by atoms with E-state index in [1.54, 1.807) is 24.3 Å². The summed E-state index contributed by atoms with van der Waals surface area (Å²) in [5.74, 6) is -0.143. The average Bonchev–Trinajstić information content (AvgIpc) is 3.16. The Balaban J connectivity index is 1.43. The zero-order chi connectivity index (χ0) is 21.9. The van der Waals surface area contributed by atoms with E-state index in [4.69, 9.17) is 9.98 Å². The molecule has 2 aliphatic heterocycles. The summed E-state index contributed by atoms with van der Waals surface area (Å²) in [6.45, 7) is 2.62. The van der Waals surface area contributed by atoms with Crippen LogP contribution in [0.3, 0.4) is 0 Å². The van der Waals surface area contributed by atoms with E-state index in [1.165, 1.54) is 5.56 Å². The third-order valence-corrected chi connectivity index (χ3v) is 6.72. The van der Waals surface area contributed by atoms with E-state index >= 15 is 0 Å². The Morgan fingerprint density at radius 2 is 1.41 bits per heavy atom. The molecule has 6 rings (SSSR count). The molecule has 6 heteroatoms. The SMILES string of the molecule is Oc1cc2c(c3c(O)c4ccccc4c(O)c13)=NC1(CCN(Cc3ccccc3)CC1)N=2. The molecule has 160 valence electrons. The highest BCUT2D eigenvalue weighted by atomic mass is 16.3. The second-order valence-corrected chi connectivity index (χ2v) is 8.72. The molecule has 1 fully saturated rings. The van der Waals surface area contributed by atoms with Crippen LogP contribution in [-0.2, 0) is 6.54 Å². The zero-order valence-corrected chi connectivity index (χ0v) is 17.5. The molecule has 4 aromatic rings. The predicted octanol–water partition coefficient (Wildman–Crippen LogP) is 3.35. The minimum atomic E-state index is -0.593. The highest BCUT2D eigenvalue weighted by Crippen LogP contribution is 2.43. The Hall–Kier alpha value is -3.64. The van der Waals surface area contributed by atoms with Crippen LogP contribution in [0.5, 0.6) is 17.2 Å². The summed E-state index contributed by atoms with van der Waals surface area (Å²) in [5.41, 5.74) is 0.694. The van der Waals surface area contributed by atoms with Crippen molar-refractivity contribution in [2.45, 2.75) is 25.0 Å². The largest absolute Gasteiger partial charge is 0.507 e. The van der Waals surface area contributed by atoms with Crippen LogP contribution in [0.15, 0.2) is 70.6 Å². The van der Waals surface area contributed by atoms with Gasteiger partial charge in [0, 0.05) is 49.3 Å². The van der Waals surface area contributed by atoms with Gasteiger partial charge < -0.3 is 15.3 Å². The smallest absolute Gasteiger partial charge is 0.154 e. The van der Waals surface area contributed by atoms with Gasteiger partial charge in [0.05, 0.1) is 21.5 Å². The summed E-state index contributed by atoms with van der Waals surface area (Å²) in [6, 6.07) is 19.0. The minimum absolute atomic E-state index is 0.0121. The molecule has 1 spiro atoms. The number of benzene rings is 4. The Morgan fingerprint density at radius 1 is 0.781 bits per heavy atom. The van der Waals surface area contributed by atoms with Crippen molar-refractivity contribution in [1.82, 2.24) is 4.90 Å². The summed E-state index contributed by atoms with van der Waals surface area (Å²) < 4.78 is 0. The highest BCUT2D eigenvalue weighted by molar-refractivity contribution is 6.12. The normalized spacial score (nSPS) is 17.4. The average molecular weight is 425 g/mol. The second kappa shape index (κ2) is 6.93. The third kappa shape index (κ3) is 2.83. The van der Waals surface area contributed by atoms with Crippen molar-refractivity contribution < 1.29 is 15.3 Å². The molecule has 0 aliphatic carbocycles. The lowest BCUT2D eigenvalue weighted by Crippen LogP contribution is -2.41. The maximum atomic E-state index is 11.1. The molecule has 0 atom stereocenters. The van der Waals surface area contributed by atoms with Gasteiger partial charge in [-0.05, 0) is 5.56 Å². The number of nitrogens with zero attached hydrogens (tertiary/aromatic N) is 3. The molecule has 3 N–H and O–H groups in total. The van der Waals surface area contributed by atoms with Gasteiger partial charge in [-0.15, -0.1) is 0 Å². The summed E-state index contributed by atoms with van der Waals surface area (Å²) in [7, 11) is 0. The van der Waals surface area contributed by atoms with Gasteiger partial charge in [0.2, 0.25) is 0 Å². The van der Waals surface area contributed by atoms with Crippen LogP contribution in [-0.4, -0.2) is 39.0 Å². The Bertz CT molecular complexity index is 1490. The van der Waals surface area contributed by atoms with Crippen LogP contribution in [0.2, 0.25) is 0 Å². The van der Waals surface area contributed by atoms with E-state index in [1.807, 2.05) is 12.1 Å². The van der Waals surface area contributed by atoms with Crippen molar-refractivity contribution in [2.24, 2.45) is 9.98 Å². The van der Waals surface area contributed by atoms with E-state index in [-0.39, 0.29) is 22.6 Å². The molecule has 0 amide bonds. The number of rotatable bonds is 2. The maximum absolute atomic E-state index is 11.1. The summed E-state index contributed by atoms with van der Waals surface area (Å²) in [6.07, 6.45) is 1.52. The van der Waals surface area contributed by atoms with E-state index in [9.17, 15) is 15.3 Å². The van der Waals surface area contributed by atoms with Crippen molar-refractivity contribution in [3.8, 4) is 17.2 Å². The number of hydrogen-bond acceptors (Lipinski definition) is 6. The molecule has 0 unspecified atom stereocenters. The quantitative estimate of drug-likeness (QED) is 0.339. The Labute approximate surface area is 184 Å². The first kappa shape index (κ1) is 19.1. The summed E-state index contributed by atoms with van der Waals surface area (Å²) >= 11 is 0. The first-order valence-electron chi connectivity index (χ1n) is 10.9. The van der Waals surface area contributed by atoms with Crippen LogP contribution in [0.4, 0.5) is 0 Å². The number of aromatic hydroxyl groups is 3. The number of hydrogen-bond donors (Lipinski definition) is 3. The van der Waals surface area contributed by atoms with Crippen LogP contribution < -0.4 is 10.7 Å². The van der Waals surface area contributed by atoms with Gasteiger partial charge in [-0.25, -0.2) is 0 Å². The Morgan fingerprint density at radius 3 is 2.09 bits per heavy atom. The van der Waals surface area contributed by atoms with Gasteiger partial charge in [-0.3, -0.25) is 14.9 Å². The van der Waals surface area contributed by atoms with Crippen molar-refractivity contribution in [3.63, 3.8) is 0 Å². The standard InChI is InChI=1S/C26H23N3O3/c30-20-14-19-23(22-21(20)24(31)17-8-4-5-9-18(17)25(22)32)28-26(27-19)10-12-29(13-11-26)15-16-6-2-1-3-7-16/h1-9,14,30-32H,10-13,15H2. The van der Waals surface area contributed by atoms with Crippen LogP contribution in [0.25, 0.3) is 21.5 Å². The van der Waals surface area contributed by atoms with Gasteiger partial charge in [-0.2, -0.15) is 0 Å². The van der Waals surface area contributed by atoms with Crippen LogP contribution >= 0.6 is 0 Å². The van der Waals surface area contributed by atoms with E-state index in [0.717, 1.165) is 32.5 Å². The molecule has 2 aliphatic rings. The van der Waals surface area contributed by atoms with Crippen molar-refractivity contribution in [1.29, 1.82) is 0 Å². The Kier molecular flexibility index (Phi) is 4.13. The number of piperidine rings is 1. The fourth-order valence-electron chi connectivity index (χ4n) is 5.07. The molecule has 0 radical (unpaired) electrons. The van der Waals surface area contributed by atoms with Crippen molar-refractivity contribution in [3.05, 3.63) is 76.9 Å². The number of phenols is 3. The summed E-state index contributed by atoms with van der Waals surface area (Å²) in [4.78, 5) is 12.3. The van der Waals surface area contributed by atoms with Gasteiger partial charge in [0.1, 0.15) is 17.2 Å². The molecule has 32 heavy (non-hydrogen) atoms. The van der Waals surface area contributed by atoms with E-state index in [2.05, 4.69) is 29.2 Å². The predicted molar refractivity (Wildman–Crippen MR) is 122 cm³/mol. The second-order valence-electron chi connectivity index (χ2n) is 8.72. The molecule has 0 saturated carbocycles. The number of fused-ring (bicyclic) bond motifs is 4. The molecule has 0 bridgehead atoms. The lowest BCUT2D eigenvalue weighted by atomic mass is 9.98. The number of phenolic OH excluding ortho intramolecular Hbond substituents is 3. The van der Waals surface area contributed by atoms with Gasteiger partial charge in [0.25, 0.3) is 0 Å². The van der Waals surface area contributed by atoms with Crippen LogP contribution in [0, 0.1) is 0 Å². The molecule has 2 heterocycles.